The predicted octanol–water partition coefficient (Wildman–Crippen LogP) is 1.11. The minimum atomic E-state index is -1.11. The number of aromatic nitrogens is 3. The summed E-state index contributed by atoms with van der Waals surface area (Å²) in [5, 5.41) is 25.4. The molecule has 17 heavy (non-hydrogen) atoms. The molecule has 0 spiro atoms. The first kappa shape index (κ1) is 11.6. The molecule has 1 aromatic carbocycles. The van der Waals surface area contributed by atoms with E-state index in [-0.39, 0.29) is 17.2 Å². The molecule has 0 radical (unpaired) electrons. The SMILES string of the molecule is O=C(O)c1cc(-n2cc(CO)nn2)ccc1Cl. The maximum absolute atomic E-state index is 10.9. The van der Waals surface area contributed by atoms with Crippen molar-refractivity contribution in [2.24, 2.45) is 0 Å². The van der Waals surface area contributed by atoms with Crippen LogP contribution in [0.4, 0.5) is 0 Å². The van der Waals surface area contributed by atoms with Gasteiger partial charge in [-0.05, 0) is 18.2 Å². The number of benzene rings is 1. The lowest BCUT2D eigenvalue weighted by Gasteiger charge is -2.03. The molecule has 0 aliphatic carbocycles. The van der Waals surface area contributed by atoms with E-state index in [9.17, 15) is 4.79 Å². The van der Waals surface area contributed by atoms with Gasteiger partial charge in [0, 0.05) is 0 Å². The van der Waals surface area contributed by atoms with E-state index in [1.54, 1.807) is 6.07 Å². The number of carboxylic acids is 1. The largest absolute Gasteiger partial charge is 0.478 e. The molecule has 2 rings (SSSR count). The lowest BCUT2D eigenvalue weighted by atomic mass is 10.2. The lowest BCUT2D eigenvalue weighted by molar-refractivity contribution is 0.0697. The highest BCUT2D eigenvalue weighted by molar-refractivity contribution is 6.33. The molecule has 0 fully saturated rings. The van der Waals surface area contributed by atoms with Gasteiger partial charge in [-0.15, -0.1) is 5.10 Å². The Morgan fingerprint density at radius 2 is 2.24 bits per heavy atom. The van der Waals surface area contributed by atoms with Crippen LogP contribution in [0.5, 0.6) is 0 Å². The first-order valence-corrected chi connectivity index (χ1v) is 5.05. The summed E-state index contributed by atoms with van der Waals surface area (Å²) >= 11 is 5.75. The Morgan fingerprint density at radius 3 is 2.82 bits per heavy atom. The molecule has 7 heteroatoms. The topological polar surface area (TPSA) is 88.2 Å². The van der Waals surface area contributed by atoms with E-state index in [2.05, 4.69) is 10.3 Å². The number of nitrogens with zero attached hydrogens (tertiary/aromatic N) is 3. The number of carboxylic acid groups (broad SMARTS) is 1. The Bertz CT molecular complexity index is 568. The average Bonchev–Trinajstić information content (AvgIpc) is 2.78. The van der Waals surface area contributed by atoms with Crippen LogP contribution < -0.4 is 0 Å². The van der Waals surface area contributed by atoms with Gasteiger partial charge in [0.15, 0.2) is 0 Å². The van der Waals surface area contributed by atoms with Gasteiger partial charge in [0.2, 0.25) is 0 Å². The molecule has 6 nitrogen and oxygen atoms in total. The number of hydrogen-bond acceptors (Lipinski definition) is 4. The molecule has 0 aliphatic rings. The molecule has 0 unspecified atom stereocenters. The summed E-state index contributed by atoms with van der Waals surface area (Å²) in [5.41, 5.74) is 0.904. The normalized spacial score (nSPS) is 10.5. The van der Waals surface area contributed by atoms with Crippen LogP contribution >= 0.6 is 11.6 Å². The minimum Gasteiger partial charge on any atom is -0.478 e. The Balaban J connectivity index is 2.46. The van der Waals surface area contributed by atoms with E-state index in [1.165, 1.54) is 23.0 Å². The van der Waals surface area contributed by atoms with Crippen LogP contribution in [0.1, 0.15) is 16.1 Å². The molecular formula is C10H8ClN3O3. The van der Waals surface area contributed by atoms with Crippen molar-refractivity contribution in [3.05, 3.63) is 40.7 Å². The van der Waals surface area contributed by atoms with Crippen LogP contribution in [0, 0.1) is 0 Å². The lowest BCUT2D eigenvalue weighted by Crippen LogP contribution is -2.01. The van der Waals surface area contributed by atoms with Crippen LogP contribution in [0.3, 0.4) is 0 Å². The summed E-state index contributed by atoms with van der Waals surface area (Å²) in [5.74, 6) is -1.11. The van der Waals surface area contributed by atoms with Crippen LogP contribution in [0.2, 0.25) is 5.02 Å². The van der Waals surface area contributed by atoms with E-state index in [0.717, 1.165) is 0 Å². The van der Waals surface area contributed by atoms with Gasteiger partial charge >= 0.3 is 5.97 Å². The maximum atomic E-state index is 10.9. The zero-order chi connectivity index (χ0) is 12.4. The monoisotopic (exact) mass is 253 g/mol. The van der Waals surface area contributed by atoms with Crippen LogP contribution in [-0.4, -0.2) is 31.2 Å². The summed E-state index contributed by atoms with van der Waals surface area (Å²) < 4.78 is 1.37. The quantitative estimate of drug-likeness (QED) is 0.855. The van der Waals surface area contributed by atoms with E-state index in [0.29, 0.717) is 11.4 Å². The number of hydrogen-bond donors (Lipinski definition) is 2. The van der Waals surface area contributed by atoms with Gasteiger partial charge in [-0.25, -0.2) is 9.48 Å². The van der Waals surface area contributed by atoms with Crippen molar-refractivity contribution in [1.82, 2.24) is 15.0 Å². The summed E-state index contributed by atoms with van der Waals surface area (Å²) in [7, 11) is 0. The van der Waals surface area contributed by atoms with Crippen molar-refractivity contribution in [1.29, 1.82) is 0 Å². The first-order chi connectivity index (χ1) is 8.11. The van der Waals surface area contributed by atoms with Gasteiger partial charge in [0.1, 0.15) is 5.69 Å². The Kier molecular flexibility index (Phi) is 3.08. The molecule has 1 heterocycles. The second kappa shape index (κ2) is 4.52. The van der Waals surface area contributed by atoms with Crippen molar-refractivity contribution in [2.45, 2.75) is 6.61 Å². The molecule has 0 amide bonds. The fourth-order valence-electron chi connectivity index (χ4n) is 1.32. The molecule has 0 saturated heterocycles. The average molecular weight is 254 g/mol. The van der Waals surface area contributed by atoms with Gasteiger partial charge in [-0.2, -0.15) is 0 Å². The van der Waals surface area contributed by atoms with Gasteiger partial charge < -0.3 is 10.2 Å². The second-order valence-corrected chi connectivity index (χ2v) is 3.69. The number of carbonyl (C=O) groups is 1. The van der Waals surface area contributed by atoms with Crippen LogP contribution in [-0.2, 0) is 6.61 Å². The summed E-state index contributed by atoms with van der Waals surface area (Å²) in [6.07, 6.45) is 1.51. The molecule has 0 saturated carbocycles. The van der Waals surface area contributed by atoms with Gasteiger partial charge in [0.25, 0.3) is 0 Å². The van der Waals surface area contributed by atoms with Crippen LogP contribution in [0.15, 0.2) is 24.4 Å². The third-order valence-electron chi connectivity index (χ3n) is 2.15. The molecular weight excluding hydrogens is 246 g/mol. The van der Waals surface area contributed by atoms with Crippen LogP contribution in [0.25, 0.3) is 5.69 Å². The van der Waals surface area contributed by atoms with Crippen molar-refractivity contribution in [3.8, 4) is 5.69 Å². The van der Waals surface area contributed by atoms with E-state index >= 15 is 0 Å². The standard InChI is InChI=1S/C10H8ClN3O3/c11-9-2-1-7(3-8(9)10(16)17)14-4-6(5-15)12-13-14/h1-4,15H,5H2,(H,16,17). The predicted molar refractivity (Wildman–Crippen MR) is 59.3 cm³/mol. The van der Waals surface area contributed by atoms with Gasteiger partial charge in [-0.1, -0.05) is 16.8 Å². The Morgan fingerprint density at radius 1 is 1.47 bits per heavy atom. The molecule has 2 N–H and O–H groups in total. The molecule has 1 aromatic heterocycles. The zero-order valence-corrected chi connectivity index (χ0v) is 9.29. The van der Waals surface area contributed by atoms with E-state index in [4.69, 9.17) is 21.8 Å². The van der Waals surface area contributed by atoms with E-state index in [1.807, 2.05) is 0 Å². The zero-order valence-electron chi connectivity index (χ0n) is 8.54. The summed E-state index contributed by atoms with van der Waals surface area (Å²) in [6.45, 7) is -0.223. The number of rotatable bonds is 3. The first-order valence-electron chi connectivity index (χ1n) is 4.67. The Labute approximate surface area is 101 Å². The number of halogens is 1. The molecule has 0 atom stereocenters. The summed E-state index contributed by atoms with van der Waals surface area (Å²) in [4.78, 5) is 10.9. The number of aromatic carboxylic acids is 1. The highest BCUT2D eigenvalue weighted by Gasteiger charge is 2.11. The molecule has 88 valence electrons. The van der Waals surface area contributed by atoms with Gasteiger partial charge in [-0.3, -0.25) is 0 Å². The second-order valence-electron chi connectivity index (χ2n) is 3.28. The highest BCUT2D eigenvalue weighted by atomic mass is 35.5. The van der Waals surface area contributed by atoms with Crippen molar-refractivity contribution in [3.63, 3.8) is 0 Å². The maximum Gasteiger partial charge on any atom is 0.337 e. The number of aliphatic hydroxyl groups excluding tert-OH is 1. The third-order valence-corrected chi connectivity index (χ3v) is 2.48. The highest BCUT2D eigenvalue weighted by Crippen LogP contribution is 2.19. The van der Waals surface area contributed by atoms with Crippen molar-refractivity contribution >= 4 is 17.6 Å². The van der Waals surface area contributed by atoms with Crippen molar-refractivity contribution < 1.29 is 15.0 Å². The van der Waals surface area contributed by atoms with Crippen molar-refractivity contribution in [2.75, 3.05) is 0 Å². The summed E-state index contributed by atoms with van der Waals surface area (Å²) in [6, 6.07) is 4.48. The smallest absolute Gasteiger partial charge is 0.337 e. The molecule has 2 aromatic rings. The fraction of sp³-hybridized carbons (Fsp3) is 0.100. The molecule has 0 bridgehead atoms. The third kappa shape index (κ3) is 2.27. The van der Waals surface area contributed by atoms with Gasteiger partial charge in [0.05, 0.1) is 29.1 Å². The van der Waals surface area contributed by atoms with E-state index < -0.39 is 5.97 Å². The minimum absolute atomic E-state index is 0.00906. The molecule has 0 aliphatic heterocycles. The fourth-order valence-corrected chi connectivity index (χ4v) is 1.52. The number of aliphatic hydroxyl groups is 1. The Hall–Kier alpha value is -1.92.